The second-order valence-corrected chi connectivity index (χ2v) is 0.394. The standard InChI is InChI=1S/C2H3O2.Ca.Li.3H/c1-2(3)4;;;;;/h1H2,(H,3,4);;;;;. The average Bonchev–Trinajstić information content (AvgIpc) is 0.811. The summed E-state index contributed by atoms with van der Waals surface area (Å²) in [6.07, 6.45) is 0. The Labute approximate surface area is 78.5 Å². The van der Waals surface area contributed by atoms with Crippen molar-refractivity contribution in [3.63, 3.8) is 0 Å². The van der Waals surface area contributed by atoms with E-state index in [0.29, 0.717) is 0 Å². The maximum atomic E-state index is 8.89. The summed E-state index contributed by atoms with van der Waals surface area (Å²) in [6.45, 7) is 2.56. The van der Waals surface area contributed by atoms with Gasteiger partial charge in [0.25, 0.3) is 0 Å². The Hall–Kier alpha value is 1.33. The fraction of sp³-hybridized carbons (Fsp3) is 0. The first kappa shape index (κ1) is 15.7. The quantitative estimate of drug-likeness (QED) is 0.378. The Balaban J connectivity index is -0.0000000450. The van der Waals surface area contributed by atoms with Crippen LogP contribution in [0.1, 0.15) is 0 Å². The molecule has 0 aliphatic rings. The third kappa shape index (κ3) is 56.6. The van der Waals surface area contributed by atoms with Crippen molar-refractivity contribution in [1.29, 1.82) is 0 Å². The van der Waals surface area contributed by atoms with Crippen LogP contribution in [-0.4, -0.2) is 67.7 Å². The van der Waals surface area contributed by atoms with Crippen LogP contribution in [0.15, 0.2) is 0 Å². The van der Waals surface area contributed by atoms with Gasteiger partial charge in [0.15, 0.2) is 0 Å². The first-order valence-electron chi connectivity index (χ1n) is 0.781. The van der Waals surface area contributed by atoms with Crippen molar-refractivity contribution in [3.8, 4) is 0 Å². The van der Waals surface area contributed by atoms with Crippen LogP contribution in [0.2, 0.25) is 0 Å². The van der Waals surface area contributed by atoms with Crippen LogP contribution in [0.4, 0.5) is 0 Å². The number of carboxylic acid groups (broad SMARTS) is 1. The van der Waals surface area contributed by atoms with Crippen molar-refractivity contribution in [2.45, 2.75) is 0 Å². The summed E-state index contributed by atoms with van der Waals surface area (Å²) in [5.74, 6) is -1.08. The molecule has 1 N–H and O–H groups in total. The number of carboxylic acids is 1. The van der Waals surface area contributed by atoms with Gasteiger partial charge in [-0.25, -0.2) is 0 Å². The van der Waals surface area contributed by atoms with Gasteiger partial charge in [0.05, 0.1) is 6.92 Å². The van der Waals surface area contributed by atoms with Gasteiger partial charge in [-0.15, -0.1) is 0 Å². The Bertz CT molecular complexity index is 34.5. The van der Waals surface area contributed by atoms with E-state index in [1.165, 1.54) is 0 Å². The number of rotatable bonds is 0. The van der Waals surface area contributed by atoms with E-state index in [9.17, 15) is 0 Å². The molecule has 0 aromatic rings. The molecule has 0 aliphatic heterocycles. The predicted octanol–water partition coefficient (Wildman–Crippen LogP) is -1.66. The predicted molar refractivity (Wildman–Crippen MR) is 28.7 cm³/mol. The van der Waals surface area contributed by atoms with Crippen LogP contribution in [0.3, 0.4) is 0 Å². The van der Waals surface area contributed by atoms with Crippen LogP contribution in [-0.2, 0) is 4.79 Å². The van der Waals surface area contributed by atoms with Crippen LogP contribution < -0.4 is 0 Å². The third-order valence-electron chi connectivity index (χ3n) is 0. The van der Waals surface area contributed by atoms with Gasteiger partial charge in [-0.2, -0.15) is 0 Å². The van der Waals surface area contributed by atoms with Gasteiger partial charge in [0, 0.05) is 0 Å². The molecule has 0 unspecified atom stereocenters. The van der Waals surface area contributed by atoms with Crippen LogP contribution >= 0.6 is 0 Å². The normalized spacial score (nSPS) is 4.17. The van der Waals surface area contributed by atoms with Crippen LogP contribution in [0.5, 0.6) is 0 Å². The number of hydrogen-bond donors (Lipinski definition) is 1. The molecule has 0 aromatic heterocycles. The zero-order valence-corrected chi connectivity index (χ0v) is 2.06. The molecular weight excluding hydrogens is 103 g/mol. The third-order valence-corrected chi connectivity index (χ3v) is 0. The van der Waals surface area contributed by atoms with Crippen molar-refractivity contribution in [3.05, 3.63) is 6.92 Å². The van der Waals surface area contributed by atoms with Gasteiger partial charge in [-0.1, -0.05) is 0 Å². The summed E-state index contributed by atoms with van der Waals surface area (Å²) in [7, 11) is 0. The molecule has 1 radical (unpaired) electrons. The molecular formula is C2H6CaLiO2. The van der Waals surface area contributed by atoms with E-state index in [-0.39, 0.29) is 56.6 Å². The Morgan fingerprint density at radius 1 is 1.67 bits per heavy atom. The zero-order chi connectivity index (χ0) is 3.58. The second-order valence-electron chi connectivity index (χ2n) is 0.394. The summed E-state index contributed by atoms with van der Waals surface area (Å²) in [5.41, 5.74) is 0. The van der Waals surface area contributed by atoms with Crippen molar-refractivity contribution in [1.82, 2.24) is 0 Å². The van der Waals surface area contributed by atoms with E-state index in [2.05, 4.69) is 6.92 Å². The topological polar surface area (TPSA) is 37.3 Å². The molecule has 0 fully saturated rings. The molecule has 0 aliphatic carbocycles. The van der Waals surface area contributed by atoms with E-state index in [1.807, 2.05) is 0 Å². The molecule has 2 nitrogen and oxygen atoms in total. The van der Waals surface area contributed by atoms with E-state index in [4.69, 9.17) is 9.90 Å². The monoisotopic (exact) mass is 109 g/mol. The van der Waals surface area contributed by atoms with Gasteiger partial charge < -0.3 is 5.11 Å². The molecule has 4 heteroatoms. The molecule has 0 rings (SSSR count). The van der Waals surface area contributed by atoms with Gasteiger partial charge in [0.1, 0.15) is 0 Å². The molecule has 0 atom stereocenters. The summed E-state index contributed by atoms with van der Waals surface area (Å²) in [4.78, 5) is 8.89. The van der Waals surface area contributed by atoms with Crippen LogP contribution in [0, 0.1) is 6.92 Å². The number of hydrogen-bond acceptors (Lipinski definition) is 1. The van der Waals surface area contributed by atoms with Crippen molar-refractivity contribution in [2.24, 2.45) is 0 Å². The summed E-state index contributed by atoms with van der Waals surface area (Å²) in [6, 6.07) is 0. The number of carbonyl (C=O) groups is 1. The van der Waals surface area contributed by atoms with Gasteiger partial charge in [-0.3, -0.25) is 4.79 Å². The minimum atomic E-state index is -1.08. The average molecular weight is 109 g/mol. The Morgan fingerprint density at radius 2 is 1.67 bits per heavy atom. The molecule has 0 spiro atoms. The van der Waals surface area contributed by atoms with E-state index >= 15 is 0 Å². The molecule has 29 valence electrons. The molecule has 6 heavy (non-hydrogen) atoms. The fourth-order valence-electron chi connectivity index (χ4n) is 0. The molecule has 0 saturated heterocycles. The van der Waals surface area contributed by atoms with E-state index in [1.54, 1.807) is 0 Å². The SMILES string of the molecule is [CH2]C(=O)O.[CaH2].[LiH]. The summed E-state index contributed by atoms with van der Waals surface area (Å²) >= 11 is 0. The molecule has 0 saturated carbocycles. The fourth-order valence-corrected chi connectivity index (χ4v) is 0. The van der Waals surface area contributed by atoms with Gasteiger partial charge >= 0.3 is 62.6 Å². The minimum absolute atomic E-state index is 0. The Morgan fingerprint density at radius 3 is 1.67 bits per heavy atom. The van der Waals surface area contributed by atoms with E-state index in [0.717, 1.165) is 0 Å². The second kappa shape index (κ2) is 9.59. The van der Waals surface area contributed by atoms with Gasteiger partial charge in [-0.05, 0) is 0 Å². The molecule has 0 heterocycles. The Kier molecular flexibility index (Phi) is 25.0. The van der Waals surface area contributed by atoms with Crippen molar-refractivity contribution in [2.75, 3.05) is 0 Å². The summed E-state index contributed by atoms with van der Waals surface area (Å²) < 4.78 is 0. The first-order chi connectivity index (χ1) is 1.73. The molecule has 0 amide bonds. The maximum absolute atomic E-state index is 8.89. The molecule has 0 bridgehead atoms. The molecule has 0 aromatic carbocycles. The van der Waals surface area contributed by atoms with E-state index < -0.39 is 5.97 Å². The zero-order valence-electron chi connectivity index (χ0n) is 2.06. The van der Waals surface area contributed by atoms with Gasteiger partial charge in [0.2, 0.25) is 0 Å². The summed E-state index contributed by atoms with van der Waals surface area (Å²) in [5, 5.41) is 7.31. The van der Waals surface area contributed by atoms with Crippen molar-refractivity contribution >= 4 is 62.6 Å². The first-order valence-corrected chi connectivity index (χ1v) is 0.781. The number of aliphatic carboxylic acids is 1. The van der Waals surface area contributed by atoms with Crippen molar-refractivity contribution < 1.29 is 9.90 Å². The van der Waals surface area contributed by atoms with Crippen LogP contribution in [0.25, 0.3) is 0 Å².